The van der Waals surface area contributed by atoms with Crippen LogP contribution in [0.1, 0.15) is 16.8 Å². The first-order chi connectivity index (χ1) is 11.0. The molecule has 0 aliphatic carbocycles. The Morgan fingerprint density at radius 2 is 1.83 bits per heavy atom. The molecule has 0 amide bonds. The van der Waals surface area contributed by atoms with Gasteiger partial charge >= 0.3 is 17.9 Å². The van der Waals surface area contributed by atoms with Crippen LogP contribution < -0.4 is 5.11 Å². The summed E-state index contributed by atoms with van der Waals surface area (Å²) in [6.07, 6.45) is -3.67. The minimum absolute atomic E-state index is 0.0177. The fourth-order valence-electron chi connectivity index (χ4n) is 1.51. The SMILES string of the molecule is COC(=O)CC(OC(=O)c1cc(I)cc(I)c1I)C(F)(F)C(=O)[O-]. The zero-order chi connectivity index (χ0) is 18.7. The first-order valence-corrected chi connectivity index (χ1v) is 9.26. The van der Waals surface area contributed by atoms with Crippen molar-refractivity contribution in [1.82, 2.24) is 0 Å². The third kappa shape index (κ3) is 5.34. The predicted octanol–water partition coefficient (Wildman–Crippen LogP) is 1.97. The van der Waals surface area contributed by atoms with Crippen molar-refractivity contribution >= 4 is 85.7 Å². The molecular weight excluding hydrogens is 671 g/mol. The summed E-state index contributed by atoms with van der Waals surface area (Å²) in [4.78, 5) is 34.0. The molecule has 0 aliphatic heterocycles. The molecule has 0 radical (unpaired) electrons. The first-order valence-electron chi connectivity index (χ1n) is 6.02. The number of carboxylic acid groups (broad SMARTS) is 1. The van der Waals surface area contributed by atoms with Crippen LogP contribution in [0.15, 0.2) is 12.1 Å². The van der Waals surface area contributed by atoms with Gasteiger partial charge in [0.25, 0.3) is 0 Å². The smallest absolute Gasteiger partial charge is 0.339 e. The summed E-state index contributed by atoms with van der Waals surface area (Å²) in [7, 11) is 0.934. The highest BCUT2D eigenvalue weighted by Crippen LogP contribution is 2.28. The fourth-order valence-corrected chi connectivity index (χ4v) is 3.88. The fraction of sp³-hybridized carbons (Fsp3) is 0.308. The van der Waals surface area contributed by atoms with Gasteiger partial charge in [-0.15, -0.1) is 0 Å². The molecule has 11 heteroatoms. The lowest BCUT2D eigenvalue weighted by atomic mass is 10.1. The number of esters is 2. The summed E-state index contributed by atoms with van der Waals surface area (Å²) in [5.41, 5.74) is -0.0177. The molecule has 1 aromatic rings. The van der Waals surface area contributed by atoms with E-state index in [2.05, 4.69) is 9.47 Å². The molecule has 0 N–H and O–H groups in total. The van der Waals surface area contributed by atoms with Crippen molar-refractivity contribution in [3.8, 4) is 0 Å². The predicted molar refractivity (Wildman–Crippen MR) is 100 cm³/mol. The minimum atomic E-state index is -4.55. The average Bonchev–Trinajstić information content (AvgIpc) is 2.49. The molecule has 6 nitrogen and oxygen atoms in total. The second-order valence-corrected chi connectivity index (χ2v) is 7.82. The number of aliphatic carboxylic acids is 1. The highest BCUT2D eigenvalue weighted by molar-refractivity contribution is 14.1. The average molecular weight is 679 g/mol. The summed E-state index contributed by atoms with van der Waals surface area (Å²) in [5, 5.41) is 10.6. The molecule has 0 fully saturated rings. The lowest BCUT2D eigenvalue weighted by Gasteiger charge is -2.26. The molecule has 0 aliphatic rings. The van der Waals surface area contributed by atoms with Crippen LogP contribution >= 0.6 is 67.8 Å². The van der Waals surface area contributed by atoms with Gasteiger partial charge in [-0.3, -0.25) is 4.79 Å². The van der Waals surface area contributed by atoms with Gasteiger partial charge in [-0.05, 0) is 79.9 Å². The number of rotatable bonds is 6. The molecular formula is C13H8F2I3O6-. The van der Waals surface area contributed by atoms with E-state index in [1.807, 2.05) is 67.8 Å². The number of benzene rings is 1. The first kappa shape index (κ1) is 21.7. The van der Waals surface area contributed by atoms with Crippen molar-refractivity contribution in [2.24, 2.45) is 0 Å². The maximum Gasteiger partial charge on any atom is 0.339 e. The maximum atomic E-state index is 13.7. The third-order valence-corrected chi connectivity index (χ3v) is 6.39. The van der Waals surface area contributed by atoms with Gasteiger partial charge in [0.05, 0.1) is 19.1 Å². The van der Waals surface area contributed by atoms with Crippen molar-refractivity contribution in [2.75, 3.05) is 7.11 Å². The van der Waals surface area contributed by atoms with Gasteiger partial charge in [-0.2, -0.15) is 8.78 Å². The summed E-state index contributed by atoms with van der Waals surface area (Å²) in [5.74, 6) is -9.63. The van der Waals surface area contributed by atoms with Crippen molar-refractivity contribution in [3.05, 3.63) is 28.4 Å². The lowest BCUT2D eigenvalue weighted by molar-refractivity contribution is -0.335. The molecule has 1 rings (SSSR count). The Morgan fingerprint density at radius 3 is 2.33 bits per heavy atom. The highest BCUT2D eigenvalue weighted by atomic mass is 127. The molecule has 0 heterocycles. The van der Waals surface area contributed by atoms with Crippen molar-refractivity contribution in [3.63, 3.8) is 0 Å². The molecule has 0 saturated heterocycles. The van der Waals surface area contributed by atoms with Crippen LogP contribution in [0, 0.1) is 10.7 Å². The van der Waals surface area contributed by atoms with Gasteiger partial charge in [-0.1, -0.05) is 0 Å². The molecule has 0 spiro atoms. The number of ether oxygens (including phenoxy) is 2. The summed E-state index contributed by atoms with van der Waals surface area (Å²) >= 11 is 5.71. The van der Waals surface area contributed by atoms with Crippen molar-refractivity contribution in [1.29, 1.82) is 0 Å². The molecule has 24 heavy (non-hydrogen) atoms. The van der Waals surface area contributed by atoms with E-state index in [1.165, 1.54) is 6.07 Å². The molecule has 0 bridgehead atoms. The number of hydrogen-bond donors (Lipinski definition) is 0. The standard InChI is InChI=1S/C13H9F2I3O6/c1-23-9(19)4-8(13(14,15)12(21)22)24-11(20)6-2-5(16)3-7(17)10(6)18/h2-3,8H,4H2,1H3,(H,21,22)/p-1. The summed E-state index contributed by atoms with van der Waals surface area (Å²) in [6.45, 7) is 0. The second kappa shape index (κ2) is 8.86. The molecule has 0 aromatic heterocycles. The Bertz CT molecular complexity index is 680. The highest BCUT2D eigenvalue weighted by Gasteiger charge is 2.46. The Morgan fingerprint density at radius 1 is 1.25 bits per heavy atom. The third-order valence-electron chi connectivity index (χ3n) is 2.72. The molecule has 1 aromatic carbocycles. The van der Waals surface area contributed by atoms with Crippen molar-refractivity contribution in [2.45, 2.75) is 18.4 Å². The summed E-state index contributed by atoms with van der Waals surface area (Å²) < 4.78 is 38.0. The monoisotopic (exact) mass is 679 g/mol. The molecule has 0 saturated carbocycles. The molecule has 1 atom stereocenters. The van der Waals surface area contributed by atoms with E-state index in [-0.39, 0.29) is 5.56 Å². The van der Waals surface area contributed by atoms with E-state index >= 15 is 0 Å². The summed E-state index contributed by atoms with van der Waals surface area (Å²) in [6, 6.07) is 3.15. The van der Waals surface area contributed by atoms with Gasteiger partial charge in [0.15, 0.2) is 6.10 Å². The number of alkyl halides is 2. The van der Waals surface area contributed by atoms with Gasteiger partial charge < -0.3 is 19.4 Å². The van der Waals surface area contributed by atoms with E-state index < -0.39 is 36.4 Å². The van der Waals surface area contributed by atoms with Crippen LogP contribution in [-0.4, -0.2) is 37.0 Å². The number of carboxylic acids is 1. The van der Waals surface area contributed by atoms with E-state index in [0.717, 1.165) is 7.11 Å². The van der Waals surface area contributed by atoms with Crippen LogP contribution in [0.3, 0.4) is 0 Å². The van der Waals surface area contributed by atoms with Crippen LogP contribution in [0.5, 0.6) is 0 Å². The number of halogens is 5. The van der Waals surface area contributed by atoms with E-state index in [4.69, 9.17) is 0 Å². The number of methoxy groups -OCH3 is 1. The van der Waals surface area contributed by atoms with Crippen LogP contribution in [0.25, 0.3) is 0 Å². The Labute approximate surface area is 176 Å². The van der Waals surface area contributed by atoms with Crippen LogP contribution in [0.2, 0.25) is 0 Å². The van der Waals surface area contributed by atoms with Crippen LogP contribution in [0.4, 0.5) is 8.78 Å². The second-order valence-electron chi connectivity index (χ2n) is 4.33. The topological polar surface area (TPSA) is 92.7 Å². The van der Waals surface area contributed by atoms with Gasteiger partial charge in [-0.25, -0.2) is 4.79 Å². The van der Waals surface area contributed by atoms with Gasteiger partial charge in [0, 0.05) is 10.7 Å². The van der Waals surface area contributed by atoms with Crippen molar-refractivity contribution < 1.29 is 37.7 Å². The quantitative estimate of drug-likeness (QED) is 0.260. The molecule has 132 valence electrons. The van der Waals surface area contributed by atoms with Gasteiger partial charge in [0.2, 0.25) is 0 Å². The van der Waals surface area contributed by atoms with Gasteiger partial charge in [0.1, 0.15) is 5.97 Å². The largest absolute Gasteiger partial charge is 0.544 e. The zero-order valence-corrected chi connectivity index (χ0v) is 18.3. The van der Waals surface area contributed by atoms with E-state index in [0.29, 0.717) is 10.7 Å². The molecule has 1 unspecified atom stereocenters. The van der Waals surface area contributed by atoms with Crippen LogP contribution in [-0.2, 0) is 19.1 Å². The lowest BCUT2D eigenvalue weighted by Crippen LogP contribution is -2.52. The number of carbonyl (C=O) groups excluding carboxylic acids is 3. The zero-order valence-electron chi connectivity index (χ0n) is 11.8. The Hall–Kier alpha value is -0.320. The Balaban J connectivity index is 3.17. The maximum absolute atomic E-state index is 13.7. The Kier molecular flexibility index (Phi) is 8.02. The van der Waals surface area contributed by atoms with E-state index in [9.17, 15) is 28.3 Å². The minimum Gasteiger partial charge on any atom is -0.544 e. The number of carbonyl (C=O) groups is 3. The van der Waals surface area contributed by atoms with E-state index in [1.54, 1.807) is 6.07 Å². The number of hydrogen-bond acceptors (Lipinski definition) is 6. The normalized spacial score (nSPS) is 12.4.